The van der Waals surface area contributed by atoms with E-state index in [4.69, 9.17) is 18.9 Å². The predicted octanol–water partition coefficient (Wildman–Crippen LogP) is 3.62. The van der Waals surface area contributed by atoms with Gasteiger partial charge in [-0.05, 0) is 24.3 Å². The molecule has 6 rings (SSSR count). The zero-order chi connectivity index (χ0) is 23.4. The normalized spacial score (nSPS) is 19.7. The summed E-state index contributed by atoms with van der Waals surface area (Å²) in [6, 6.07) is 6.44. The number of urea groups is 2. The minimum Gasteiger partial charge on any atom is -0.494 e. The monoisotopic (exact) mass is 452 g/mol. The molecular formula is C23H24N4O6. The van der Waals surface area contributed by atoms with Gasteiger partial charge in [0.2, 0.25) is 0 Å². The van der Waals surface area contributed by atoms with E-state index in [-0.39, 0.29) is 12.1 Å². The van der Waals surface area contributed by atoms with Crippen molar-refractivity contribution in [3.8, 4) is 23.0 Å². The van der Waals surface area contributed by atoms with Crippen LogP contribution in [0.15, 0.2) is 24.3 Å². The molecule has 0 saturated carbocycles. The van der Waals surface area contributed by atoms with Crippen molar-refractivity contribution in [3.63, 3.8) is 0 Å². The molecule has 2 aromatic carbocycles. The van der Waals surface area contributed by atoms with Crippen LogP contribution in [0.1, 0.15) is 13.8 Å². The number of amides is 4. The highest BCUT2D eigenvalue weighted by Gasteiger charge is 2.70. The van der Waals surface area contributed by atoms with E-state index < -0.39 is 17.7 Å². The van der Waals surface area contributed by atoms with E-state index >= 15 is 0 Å². The fraction of sp³-hybridized carbons (Fsp3) is 0.391. The van der Waals surface area contributed by atoms with Crippen LogP contribution in [0.5, 0.6) is 23.0 Å². The SMILES string of the molecule is COc1ccc(OC)c2c1N1C(=O)N3c4c(OC)ccc(OC)c4N4C(=O)N2C1C(C)(C)C34. The van der Waals surface area contributed by atoms with Crippen molar-refractivity contribution in [1.29, 1.82) is 0 Å². The van der Waals surface area contributed by atoms with E-state index in [1.807, 2.05) is 0 Å². The van der Waals surface area contributed by atoms with Crippen LogP contribution in [-0.4, -0.2) is 52.8 Å². The quantitative estimate of drug-likeness (QED) is 0.705. The average Bonchev–Trinajstić information content (AvgIpc) is 3.38. The Labute approximate surface area is 190 Å². The second-order valence-corrected chi connectivity index (χ2v) is 8.95. The van der Waals surface area contributed by atoms with E-state index in [9.17, 15) is 9.59 Å². The van der Waals surface area contributed by atoms with Gasteiger partial charge in [0.1, 0.15) is 58.1 Å². The van der Waals surface area contributed by atoms with Crippen molar-refractivity contribution in [2.24, 2.45) is 5.41 Å². The van der Waals surface area contributed by atoms with Gasteiger partial charge in [-0.2, -0.15) is 0 Å². The molecule has 172 valence electrons. The van der Waals surface area contributed by atoms with E-state index in [0.29, 0.717) is 45.7 Å². The molecule has 0 aliphatic carbocycles. The van der Waals surface area contributed by atoms with Gasteiger partial charge in [0.15, 0.2) is 0 Å². The van der Waals surface area contributed by atoms with Gasteiger partial charge in [0.25, 0.3) is 0 Å². The molecule has 4 amide bonds. The lowest BCUT2D eigenvalue weighted by Crippen LogP contribution is -2.78. The molecule has 2 bridgehead atoms. The first-order valence-corrected chi connectivity index (χ1v) is 10.6. The molecule has 10 nitrogen and oxygen atoms in total. The fourth-order valence-corrected chi connectivity index (χ4v) is 5.89. The van der Waals surface area contributed by atoms with E-state index in [2.05, 4.69) is 13.8 Å². The molecule has 4 aliphatic rings. The fourth-order valence-electron chi connectivity index (χ4n) is 5.89. The van der Waals surface area contributed by atoms with Crippen LogP contribution in [0, 0.1) is 5.41 Å². The van der Waals surface area contributed by atoms with Crippen molar-refractivity contribution >= 4 is 34.8 Å². The van der Waals surface area contributed by atoms with Crippen molar-refractivity contribution in [1.82, 2.24) is 0 Å². The number of rotatable bonds is 4. The highest BCUT2D eigenvalue weighted by atomic mass is 16.5. The highest BCUT2D eigenvalue weighted by Crippen LogP contribution is 2.65. The van der Waals surface area contributed by atoms with Crippen molar-refractivity contribution in [2.75, 3.05) is 48.0 Å². The van der Waals surface area contributed by atoms with Crippen molar-refractivity contribution < 1.29 is 28.5 Å². The molecule has 0 radical (unpaired) electrons. The van der Waals surface area contributed by atoms with Crippen molar-refractivity contribution in [3.05, 3.63) is 24.3 Å². The Hall–Kier alpha value is -3.82. The van der Waals surface area contributed by atoms with Gasteiger partial charge in [-0.3, -0.25) is 19.6 Å². The zero-order valence-corrected chi connectivity index (χ0v) is 19.2. The maximum absolute atomic E-state index is 14.2. The lowest BCUT2D eigenvalue weighted by Gasteiger charge is -2.57. The molecule has 2 saturated heterocycles. The van der Waals surface area contributed by atoms with Gasteiger partial charge in [-0.25, -0.2) is 9.59 Å². The third-order valence-corrected chi connectivity index (χ3v) is 7.13. The first-order chi connectivity index (χ1) is 15.8. The topological polar surface area (TPSA) is 84.0 Å². The molecule has 10 heteroatoms. The summed E-state index contributed by atoms with van der Waals surface area (Å²) in [7, 11) is 6.18. The van der Waals surface area contributed by atoms with E-state index in [0.717, 1.165) is 0 Å². The standard InChI is InChI=1S/C23H24N4O6/c1-23(2)19-24-15-11(30-3)7-8-12(31-4)16(15)25(19)22(29)27-18-14(33-6)10-9-13(32-5)17(18)26(20(23)27)21(24)28/h7-10,19-20H,1-6H3. The van der Waals surface area contributed by atoms with Crippen LogP contribution in [0.4, 0.5) is 32.3 Å². The molecule has 0 unspecified atom stereocenters. The summed E-state index contributed by atoms with van der Waals surface area (Å²) < 4.78 is 22.5. The minimum atomic E-state index is -0.577. The molecule has 4 heterocycles. The molecule has 33 heavy (non-hydrogen) atoms. The third-order valence-electron chi connectivity index (χ3n) is 7.13. The second kappa shape index (κ2) is 6.15. The lowest BCUT2D eigenvalue weighted by molar-refractivity contribution is 0.156. The Morgan fingerprint density at radius 1 is 0.576 bits per heavy atom. The molecule has 2 aromatic rings. The first-order valence-electron chi connectivity index (χ1n) is 10.6. The highest BCUT2D eigenvalue weighted by molar-refractivity contribution is 6.26. The van der Waals surface area contributed by atoms with Crippen LogP contribution in [-0.2, 0) is 0 Å². The summed E-state index contributed by atoms with van der Waals surface area (Å²) in [5.41, 5.74) is 1.49. The summed E-state index contributed by atoms with van der Waals surface area (Å²) >= 11 is 0. The lowest BCUT2D eigenvalue weighted by atomic mass is 9.80. The second-order valence-electron chi connectivity index (χ2n) is 8.95. The molecule has 0 spiro atoms. The Morgan fingerprint density at radius 2 is 0.818 bits per heavy atom. The Morgan fingerprint density at radius 3 is 1.03 bits per heavy atom. The molecule has 0 atom stereocenters. The smallest absolute Gasteiger partial charge is 0.332 e. The summed E-state index contributed by atoms with van der Waals surface area (Å²) in [4.78, 5) is 35.0. The van der Waals surface area contributed by atoms with Crippen LogP contribution in [0.2, 0.25) is 0 Å². The number of carbonyl (C=O) groups excluding carboxylic acids is 2. The van der Waals surface area contributed by atoms with E-state index in [1.165, 1.54) is 0 Å². The van der Waals surface area contributed by atoms with E-state index in [1.54, 1.807) is 72.3 Å². The third kappa shape index (κ3) is 2.00. The summed E-state index contributed by atoms with van der Waals surface area (Å²) in [6.45, 7) is 4.10. The van der Waals surface area contributed by atoms with Gasteiger partial charge in [0.05, 0.1) is 28.4 Å². The average molecular weight is 452 g/mol. The maximum Gasteiger partial charge on any atom is 0.332 e. The van der Waals surface area contributed by atoms with Gasteiger partial charge in [0, 0.05) is 5.41 Å². The number of nitrogens with zero attached hydrogens (tertiary/aromatic N) is 4. The van der Waals surface area contributed by atoms with Crippen molar-refractivity contribution in [2.45, 2.75) is 26.2 Å². The van der Waals surface area contributed by atoms with Gasteiger partial charge >= 0.3 is 12.1 Å². The number of hydrogen-bond donors (Lipinski definition) is 0. The number of ether oxygens (including phenoxy) is 4. The zero-order valence-electron chi connectivity index (χ0n) is 19.2. The molecule has 0 aromatic heterocycles. The van der Waals surface area contributed by atoms with Crippen LogP contribution < -0.4 is 38.5 Å². The maximum atomic E-state index is 14.2. The van der Waals surface area contributed by atoms with Crippen LogP contribution >= 0.6 is 0 Å². The Balaban J connectivity index is 1.73. The number of carbonyl (C=O) groups is 2. The number of methoxy groups -OCH3 is 4. The van der Waals surface area contributed by atoms with Crippen LogP contribution in [0.3, 0.4) is 0 Å². The molecule has 4 aliphatic heterocycles. The largest absolute Gasteiger partial charge is 0.494 e. The predicted molar refractivity (Wildman–Crippen MR) is 121 cm³/mol. The van der Waals surface area contributed by atoms with Crippen LogP contribution in [0.25, 0.3) is 0 Å². The number of anilines is 4. The summed E-state index contributed by atoms with van der Waals surface area (Å²) in [5.74, 6) is 1.95. The summed E-state index contributed by atoms with van der Waals surface area (Å²) in [6.07, 6.45) is -1.11. The molecule has 2 fully saturated rings. The van der Waals surface area contributed by atoms with Gasteiger partial charge < -0.3 is 18.9 Å². The number of fused-ring (bicyclic) bond motifs is 6. The molecule has 0 N–H and O–H groups in total. The first kappa shape index (κ1) is 19.8. The summed E-state index contributed by atoms with van der Waals surface area (Å²) in [5, 5.41) is 0. The number of benzene rings is 2. The van der Waals surface area contributed by atoms with Gasteiger partial charge in [-0.1, -0.05) is 13.8 Å². The Kier molecular flexibility index (Phi) is 3.70. The number of hydrogen-bond acceptors (Lipinski definition) is 6. The van der Waals surface area contributed by atoms with Gasteiger partial charge in [-0.15, -0.1) is 0 Å². The molecular weight excluding hydrogens is 428 g/mol. The Bertz CT molecular complexity index is 1070. The minimum absolute atomic E-state index is 0.276.